The van der Waals surface area contributed by atoms with E-state index in [9.17, 15) is 18.0 Å². The maximum Gasteiger partial charge on any atom is 0.338 e. The van der Waals surface area contributed by atoms with E-state index in [1.54, 1.807) is 11.8 Å². The van der Waals surface area contributed by atoms with Crippen LogP contribution in [0.25, 0.3) is 0 Å². The van der Waals surface area contributed by atoms with Crippen molar-refractivity contribution in [2.45, 2.75) is 50.0 Å². The zero-order chi connectivity index (χ0) is 22.7. The molecule has 1 amide bonds. The predicted octanol–water partition coefficient (Wildman–Crippen LogP) is 3.39. The molecular weight excluding hydrogens is 428 g/mol. The van der Waals surface area contributed by atoms with Gasteiger partial charge < -0.3 is 9.64 Å². The van der Waals surface area contributed by atoms with Gasteiger partial charge in [0.05, 0.1) is 10.5 Å². The molecule has 0 radical (unpaired) electrons. The minimum absolute atomic E-state index is 0.0674. The number of para-hydroxylation sites is 1. The Labute approximate surface area is 189 Å². The van der Waals surface area contributed by atoms with E-state index >= 15 is 0 Å². The summed E-state index contributed by atoms with van der Waals surface area (Å²) in [5, 5.41) is 0. The molecule has 0 unspecified atom stereocenters. The van der Waals surface area contributed by atoms with Crippen LogP contribution in [0.5, 0.6) is 0 Å². The van der Waals surface area contributed by atoms with Gasteiger partial charge >= 0.3 is 5.97 Å². The standard InChI is InChI=1S/C24H28N2O5S/c1-18(23(27)26-16-8-11-19-9-3-4-13-22(19)26)31-24(28)20-10-7-12-21(17-20)32(29,30)25-14-5-2-6-15-25/h3-4,7,9-10,12-13,17-18H,2,5-6,8,11,14-16H2,1H3/t18-/m1/s1. The van der Waals surface area contributed by atoms with Gasteiger partial charge in [0.25, 0.3) is 5.91 Å². The number of hydrogen-bond acceptors (Lipinski definition) is 5. The highest BCUT2D eigenvalue weighted by Crippen LogP contribution is 2.28. The fraction of sp³-hybridized carbons (Fsp3) is 0.417. The Bertz CT molecular complexity index is 1110. The Morgan fingerprint density at radius 3 is 2.47 bits per heavy atom. The molecular formula is C24H28N2O5S. The molecule has 1 atom stereocenters. The second-order valence-corrected chi connectivity index (χ2v) is 10.2. The topological polar surface area (TPSA) is 84.0 Å². The second kappa shape index (κ2) is 9.42. The molecule has 0 aliphatic carbocycles. The number of aryl methyl sites for hydroxylation is 1. The van der Waals surface area contributed by atoms with Gasteiger partial charge in [-0.2, -0.15) is 4.31 Å². The number of amides is 1. The zero-order valence-corrected chi connectivity index (χ0v) is 19.0. The predicted molar refractivity (Wildman–Crippen MR) is 121 cm³/mol. The molecule has 0 aromatic heterocycles. The van der Waals surface area contributed by atoms with Crippen molar-refractivity contribution in [1.82, 2.24) is 4.31 Å². The number of fused-ring (bicyclic) bond motifs is 1. The van der Waals surface area contributed by atoms with Crippen molar-refractivity contribution in [3.8, 4) is 0 Å². The Balaban J connectivity index is 1.47. The van der Waals surface area contributed by atoms with E-state index < -0.39 is 22.1 Å². The van der Waals surface area contributed by atoms with Crippen molar-refractivity contribution >= 4 is 27.6 Å². The van der Waals surface area contributed by atoms with Gasteiger partial charge in [-0.25, -0.2) is 13.2 Å². The smallest absolute Gasteiger partial charge is 0.338 e. The summed E-state index contributed by atoms with van der Waals surface area (Å²) in [5.41, 5.74) is 2.06. The summed E-state index contributed by atoms with van der Waals surface area (Å²) in [6, 6.07) is 13.6. The Hall–Kier alpha value is -2.71. The normalized spacial score (nSPS) is 18.0. The lowest BCUT2D eigenvalue weighted by atomic mass is 10.0. The summed E-state index contributed by atoms with van der Waals surface area (Å²) in [4.78, 5) is 27.5. The molecule has 0 spiro atoms. The number of nitrogens with zero attached hydrogens (tertiary/aromatic N) is 2. The van der Waals surface area contributed by atoms with E-state index in [1.165, 1.54) is 28.6 Å². The summed E-state index contributed by atoms with van der Waals surface area (Å²) in [6.07, 6.45) is 3.45. The lowest BCUT2D eigenvalue weighted by molar-refractivity contribution is -0.126. The van der Waals surface area contributed by atoms with Crippen LogP contribution in [0.15, 0.2) is 53.4 Å². The third-order valence-electron chi connectivity index (χ3n) is 6.03. The summed E-state index contributed by atoms with van der Waals surface area (Å²) in [6.45, 7) is 3.09. The number of carbonyl (C=O) groups is 2. The van der Waals surface area contributed by atoms with Gasteiger partial charge in [0.15, 0.2) is 6.10 Å². The average molecular weight is 457 g/mol. The molecule has 7 nitrogen and oxygen atoms in total. The molecule has 1 fully saturated rings. The molecule has 170 valence electrons. The van der Waals surface area contributed by atoms with Crippen molar-refractivity contribution in [2.24, 2.45) is 0 Å². The number of ether oxygens (including phenoxy) is 1. The number of hydrogen-bond donors (Lipinski definition) is 0. The van der Waals surface area contributed by atoms with Gasteiger partial charge in [-0.1, -0.05) is 30.7 Å². The highest BCUT2D eigenvalue weighted by molar-refractivity contribution is 7.89. The number of rotatable bonds is 5. The highest BCUT2D eigenvalue weighted by atomic mass is 32.2. The molecule has 2 aliphatic heterocycles. The largest absolute Gasteiger partial charge is 0.449 e. The molecule has 0 bridgehead atoms. The maximum atomic E-state index is 13.0. The molecule has 2 aliphatic rings. The number of sulfonamides is 1. The third kappa shape index (κ3) is 4.56. The van der Waals surface area contributed by atoms with Crippen molar-refractivity contribution in [3.05, 3.63) is 59.7 Å². The fourth-order valence-electron chi connectivity index (χ4n) is 4.30. The van der Waals surface area contributed by atoms with Gasteiger partial charge in [-0.15, -0.1) is 0 Å². The van der Waals surface area contributed by atoms with Crippen molar-refractivity contribution in [2.75, 3.05) is 24.5 Å². The van der Waals surface area contributed by atoms with Crippen LogP contribution in [0.4, 0.5) is 5.69 Å². The highest BCUT2D eigenvalue weighted by Gasteiger charge is 2.30. The first-order valence-electron chi connectivity index (χ1n) is 11.1. The minimum Gasteiger partial charge on any atom is -0.449 e. The lowest BCUT2D eigenvalue weighted by Gasteiger charge is -2.31. The van der Waals surface area contributed by atoms with E-state index in [0.29, 0.717) is 19.6 Å². The van der Waals surface area contributed by atoms with Crippen LogP contribution < -0.4 is 4.90 Å². The number of anilines is 1. The fourth-order valence-corrected chi connectivity index (χ4v) is 5.86. The third-order valence-corrected chi connectivity index (χ3v) is 7.93. The van der Waals surface area contributed by atoms with Crippen LogP contribution in [0.2, 0.25) is 0 Å². The van der Waals surface area contributed by atoms with E-state index in [0.717, 1.165) is 43.4 Å². The zero-order valence-electron chi connectivity index (χ0n) is 18.2. The molecule has 2 aromatic rings. The van der Waals surface area contributed by atoms with Crippen LogP contribution in [0, 0.1) is 0 Å². The number of benzene rings is 2. The van der Waals surface area contributed by atoms with Crippen LogP contribution in [0.3, 0.4) is 0 Å². The average Bonchev–Trinajstić information content (AvgIpc) is 2.83. The van der Waals surface area contributed by atoms with Gasteiger partial charge in [0, 0.05) is 25.3 Å². The van der Waals surface area contributed by atoms with Gasteiger partial charge in [-0.3, -0.25) is 4.79 Å². The number of piperidine rings is 1. The first-order valence-corrected chi connectivity index (χ1v) is 12.5. The molecule has 0 saturated carbocycles. The SMILES string of the molecule is C[C@@H](OC(=O)c1cccc(S(=O)(=O)N2CCCCC2)c1)C(=O)N1CCCc2ccccc21. The van der Waals surface area contributed by atoms with Crippen LogP contribution >= 0.6 is 0 Å². The van der Waals surface area contributed by atoms with Gasteiger partial charge in [0.1, 0.15) is 0 Å². The molecule has 2 heterocycles. The summed E-state index contributed by atoms with van der Waals surface area (Å²) in [7, 11) is -3.66. The van der Waals surface area contributed by atoms with Crippen molar-refractivity contribution in [3.63, 3.8) is 0 Å². The lowest BCUT2D eigenvalue weighted by Crippen LogP contribution is -2.42. The van der Waals surface area contributed by atoms with Gasteiger partial charge in [0.2, 0.25) is 10.0 Å². The Kier molecular flexibility index (Phi) is 6.62. The van der Waals surface area contributed by atoms with Crippen molar-refractivity contribution < 1.29 is 22.7 Å². The molecule has 0 N–H and O–H groups in total. The molecule has 2 aromatic carbocycles. The van der Waals surface area contributed by atoms with E-state index in [4.69, 9.17) is 4.74 Å². The summed E-state index contributed by atoms with van der Waals surface area (Å²) < 4.78 is 32.8. The van der Waals surface area contributed by atoms with E-state index in [2.05, 4.69) is 0 Å². The molecule has 4 rings (SSSR count). The summed E-state index contributed by atoms with van der Waals surface area (Å²) in [5.74, 6) is -1.01. The summed E-state index contributed by atoms with van der Waals surface area (Å²) >= 11 is 0. The van der Waals surface area contributed by atoms with Crippen LogP contribution in [0.1, 0.15) is 48.5 Å². The first kappa shape index (κ1) is 22.5. The van der Waals surface area contributed by atoms with Gasteiger partial charge in [-0.05, 0) is 62.4 Å². The Morgan fingerprint density at radius 2 is 1.69 bits per heavy atom. The molecule has 1 saturated heterocycles. The van der Waals surface area contributed by atoms with Crippen LogP contribution in [-0.4, -0.2) is 50.3 Å². The monoisotopic (exact) mass is 456 g/mol. The van der Waals surface area contributed by atoms with E-state index in [-0.39, 0.29) is 16.4 Å². The number of esters is 1. The number of carbonyl (C=O) groups excluding carboxylic acids is 2. The van der Waals surface area contributed by atoms with Crippen molar-refractivity contribution in [1.29, 1.82) is 0 Å². The quantitative estimate of drug-likeness (QED) is 0.644. The minimum atomic E-state index is -3.66. The molecule has 32 heavy (non-hydrogen) atoms. The first-order chi connectivity index (χ1) is 15.4. The molecule has 8 heteroatoms. The Morgan fingerprint density at radius 1 is 0.938 bits per heavy atom. The maximum absolute atomic E-state index is 13.0. The second-order valence-electron chi connectivity index (χ2n) is 8.26. The van der Waals surface area contributed by atoms with E-state index in [1.807, 2.05) is 24.3 Å². The van der Waals surface area contributed by atoms with Crippen LogP contribution in [-0.2, 0) is 26.0 Å².